The summed E-state index contributed by atoms with van der Waals surface area (Å²) in [5.41, 5.74) is 4.70. The zero-order valence-corrected chi connectivity index (χ0v) is 18.7. The normalized spacial score (nSPS) is 17.4. The van der Waals surface area contributed by atoms with E-state index in [1.807, 2.05) is 66.4 Å². The molecule has 0 saturated carbocycles. The van der Waals surface area contributed by atoms with E-state index in [1.165, 1.54) is 5.56 Å². The summed E-state index contributed by atoms with van der Waals surface area (Å²) in [5, 5.41) is 2.90. The number of amides is 2. The molecule has 2 amide bonds. The average molecular weight is 429 g/mol. The molecule has 5 heteroatoms. The molecule has 5 nitrogen and oxygen atoms in total. The molecule has 2 unspecified atom stereocenters. The molecule has 1 aliphatic heterocycles. The van der Waals surface area contributed by atoms with E-state index < -0.39 is 0 Å². The smallest absolute Gasteiger partial charge is 0.258 e. The predicted molar refractivity (Wildman–Crippen MR) is 128 cm³/mol. The van der Waals surface area contributed by atoms with Crippen LogP contribution in [0.3, 0.4) is 0 Å². The maximum Gasteiger partial charge on any atom is 0.258 e. The SMILES string of the molecule is CCC(=O)Nc1ccc(C2CC(C)N(C(=O)c3ccc(OC)cc3)c3ccccc32)cc1. The first-order valence-electron chi connectivity index (χ1n) is 11.0. The third-order valence-corrected chi connectivity index (χ3v) is 6.06. The summed E-state index contributed by atoms with van der Waals surface area (Å²) in [5.74, 6) is 0.898. The molecule has 0 spiro atoms. The van der Waals surface area contributed by atoms with Gasteiger partial charge in [0.1, 0.15) is 5.75 Å². The van der Waals surface area contributed by atoms with Crippen LogP contribution in [0.15, 0.2) is 72.8 Å². The topological polar surface area (TPSA) is 58.6 Å². The van der Waals surface area contributed by atoms with Gasteiger partial charge in [-0.1, -0.05) is 37.3 Å². The maximum atomic E-state index is 13.4. The van der Waals surface area contributed by atoms with Crippen LogP contribution in [0.4, 0.5) is 11.4 Å². The van der Waals surface area contributed by atoms with Gasteiger partial charge in [0.05, 0.1) is 7.11 Å². The number of nitrogens with one attached hydrogen (secondary N) is 1. The Morgan fingerprint density at radius 2 is 1.69 bits per heavy atom. The van der Waals surface area contributed by atoms with Crippen molar-refractivity contribution in [3.8, 4) is 5.75 Å². The van der Waals surface area contributed by atoms with Gasteiger partial charge < -0.3 is 15.0 Å². The Hall–Kier alpha value is -3.60. The van der Waals surface area contributed by atoms with E-state index in [9.17, 15) is 9.59 Å². The summed E-state index contributed by atoms with van der Waals surface area (Å²) < 4.78 is 5.22. The number of para-hydroxylation sites is 1. The summed E-state index contributed by atoms with van der Waals surface area (Å²) in [7, 11) is 1.62. The van der Waals surface area contributed by atoms with Crippen LogP contribution in [-0.4, -0.2) is 25.0 Å². The van der Waals surface area contributed by atoms with Crippen molar-refractivity contribution in [2.24, 2.45) is 0 Å². The lowest BCUT2D eigenvalue weighted by molar-refractivity contribution is -0.115. The van der Waals surface area contributed by atoms with E-state index in [0.717, 1.165) is 29.1 Å². The molecule has 0 fully saturated rings. The summed E-state index contributed by atoms with van der Waals surface area (Å²) >= 11 is 0. The summed E-state index contributed by atoms with van der Waals surface area (Å²) in [6.45, 7) is 3.93. The second-order valence-electron chi connectivity index (χ2n) is 8.12. The summed E-state index contributed by atoms with van der Waals surface area (Å²) in [6.07, 6.45) is 1.27. The number of ether oxygens (including phenoxy) is 1. The van der Waals surface area contributed by atoms with Gasteiger partial charge in [-0.25, -0.2) is 0 Å². The highest BCUT2D eigenvalue weighted by atomic mass is 16.5. The molecule has 3 aromatic carbocycles. The van der Waals surface area contributed by atoms with Crippen molar-refractivity contribution in [2.45, 2.75) is 38.6 Å². The second-order valence-corrected chi connectivity index (χ2v) is 8.12. The Morgan fingerprint density at radius 1 is 1.00 bits per heavy atom. The molecule has 3 aromatic rings. The van der Waals surface area contributed by atoms with E-state index in [-0.39, 0.29) is 23.8 Å². The Morgan fingerprint density at radius 3 is 2.34 bits per heavy atom. The van der Waals surface area contributed by atoms with Crippen LogP contribution >= 0.6 is 0 Å². The second kappa shape index (κ2) is 9.27. The van der Waals surface area contributed by atoms with Crippen molar-refractivity contribution < 1.29 is 14.3 Å². The molecule has 0 bridgehead atoms. The fraction of sp³-hybridized carbons (Fsp3) is 0.259. The zero-order valence-electron chi connectivity index (χ0n) is 18.7. The van der Waals surface area contributed by atoms with Gasteiger partial charge in [-0.15, -0.1) is 0 Å². The molecular formula is C27H28N2O3. The van der Waals surface area contributed by atoms with Gasteiger partial charge >= 0.3 is 0 Å². The number of anilines is 2. The van der Waals surface area contributed by atoms with E-state index >= 15 is 0 Å². The van der Waals surface area contributed by atoms with E-state index in [4.69, 9.17) is 4.74 Å². The highest BCUT2D eigenvalue weighted by Gasteiger charge is 2.34. The molecule has 0 aromatic heterocycles. The molecular weight excluding hydrogens is 400 g/mol. The largest absolute Gasteiger partial charge is 0.497 e. The minimum Gasteiger partial charge on any atom is -0.497 e. The number of fused-ring (bicyclic) bond motifs is 1. The van der Waals surface area contributed by atoms with Gasteiger partial charge in [0.25, 0.3) is 5.91 Å². The van der Waals surface area contributed by atoms with Crippen molar-refractivity contribution in [1.82, 2.24) is 0 Å². The number of benzene rings is 3. The molecule has 2 atom stereocenters. The summed E-state index contributed by atoms with van der Waals surface area (Å²) in [6, 6.07) is 23.4. The van der Waals surface area contributed by atoms with Crippen LogP contribution in [-0.2, 0) is 4.79 Å². The van der Waals surface area contributed by atoms with Gasteiger partial charge in [-0.05, 0) is 66.9 Å². The fourth-order valence-corrected chi connectivity index (χ4v) is 4.36. The molecule has 0 aliphatic carbocycles. The van der Waals surface area contributed by atoms with Crippen LogP contribution in [0.5, 0.6) is 5.75 Å². The molecule has 1 aliphatic rings. The third kappa shape index (κ3) is 4.24. The first kappa shape index (κ1) is 21.6. The molecule has 0 radical (unpaired) electrons. The monoisotopic (exact) mass is 428 g/mol. The lowest BCUT2D eigenvalue weighted by Crippen LogP contribution is -2.43. The molecule has 1 N–H and O–H groups in total. The summed E-state index contributed by atoms with van der Waals surface area (Å²) in [4.78, 5) is 27.0. The first-order chi connectivity index (χ1) is 15.5. The number of hydrogen-bond acceptors (Lipinski definition) is 3. The van der Waals surface area contributed by atoms with Gasteiger partial charge in [0.2, 0.25) is 5.91 Å². The third-order valence-electron chi connectivity index (χ3n) is 6.06. The lowest BCUT2D eigenvalue weighted by atomic mass is 9.81. The van der Waals surface area contributed by atoms with Crippen molar-refractivity contribution in [1.29, 1.82) is 0 Å². The van der Waals surface area contributed by atoms with E-state index in [0.29, 0.717) is 12.0 Å². The lowest BCUT2D eigenvalue weighted by Gasteiger charge is -2.39. The minimum absolute atomic E-state index is 0.00192. The first-order valence-corrected chi connectivity index (χ1v) is 11.0. The minimum atomic E-state index is -0.0105. The Bertz CT molecular complexity index is 1110. The standard InChI is InChI=1S/C27H28N2O3/c1-4-26(30)28-21-13-9-19(10-14-21)24-17-18(2)29(25-8-6-5-7-23(24)25)27(31)20-11-15-22(32-3)16-12-20/h5-16,18,24H,4,17H2,1-3H3,(H,28,30). The average Bonchev–Trinajstić information content (AvgIpc) is 2.83. The van der Waals surface area contributed by atoms with Gasteiger partial charge in [-0.3, -0.25) is 9.59 Å². The van der Waals surface area contributed by atoms with Crippen LogP contribution in [0.25, 0.3) is 0 Å². The maximum absolute atomic E-state index is 13.4. The highest BCUT2D eigenvalue weighted by molar-refractivity contribution is 6.07. The number of hydrogen-bond donors (Lipinski definition) is 1. The molecule has 164 valence electrons. The quantitative estimate of drug-likeness (QED) is 0.574. The number of rotatable bonds is 5. The predicted octanol–water partition coefficient (Wildman–Crippen LogP) is 5.61. The number of nitrogens with zero attached hydrogens (tertiary/aromatic N) is 1. The zero-order chi connectivity index (χ0) is 22.7. The van der Waals surface area contributed by atoms with Gasteiger partial charge in [0, 0.05) is 35.3 Å². The van der Waals surface area contributed by atoms with Crippen molar-refractivity contribution in [2.75, 3.05) is 17.3 Å². The Kier molecular flexibility index (Phi) is 6.26. The molecule has 0 saturated heterocycles. The fourth-order valence-electron chi connectivity index (χ4n) is 4.36. The number of methoxy groups -OCH3 is 1. The van der Waals surface area contributed by atoms with Crippen molar-refractivity contribution >= 4 is 23.2 Å². The molecule has 32 heavy (non-hydrogen) atoms. The molecule has 4 rings (SSSR count). The van der Waals surface area contributed by atoms with E-state index in [2.05, 4.69) is 30.4 Å². The van der Waals surface area contributed by atoms with E-state index in [1.54, 1.807) is 7.11 Å². The van der Waals surface area contributed by atoms with Crippen LogP contribution in [0.2, 0.25) is 0 Å². The van der Waals surface area contributed by atoms with Crippen molar-refractivity contribution in [3.63, 3.8) is 0 Å². The Balaban J connectivity index is 1.65. The molecule has 1 heterocycles. The van der Waals surface area contributed by atoms with Gasteiger partial charge in [0.15, 0.2) is 0 Å². The van der Waals surface area contributed by atoms with Crippen LogP contribution < -0.4 is 15.0 Å². The highest BCUT2D eigenvalue weighted by Crippen LogP contribution is 2.42. The van der Waals surface area contributed by atoms with Crippen LogP contribution in [0, 0.1) is 0 Å². The number of carbonyl (C=O) groups excluding carboxylic acids is 2. The van der Waals surface area contributed by atoms with Gasteiger partial charge in [-0.2, -0.15) is 0 Å². The Labute approximate surface area is 189 Å². The van der Waals surface area contributed by atoms with Crippen molar-refractivity contribution in [3.05, 3.63) is 89.5 Å². The number of carbonyl (C=O) groups is 2. The van der Waals surface area contributed by atoms with Crippen LogP contribution in [0.1, 0.15) is 54.1 Å².